The third-order valence-corrected chi connectivity index (χ3v) is 3.93. The standard InChI is InChI=1S/C17H33N3/c1-4-7-10-13-16-17(14-11-8-5-2)20(19-18-16)15-12-9-6-3/h4-15H2,1-3H3. The SMILES string of the molecule is CCCCCc1nnn(CCCCC)c1CCCCC. The number of hydrogen-bond donors (Lipinski definition) is 0. The van der Waals surface area contributed by atoms with Gasteiger partial charge in [0, 0.05) is 6.54 Å². The maximum absolute atomic E-state index is 4.46. The van der Waals surface area contributed by atoms with Crippen LogP contribution in [0.15, 0.2) is 0 Å². The van der Waals surface area contributed by atoms with E-state index >= 15 is 0 Å². The van der Waals surface area contributed by atoms with E-state index in [4.69, 9.17) is 0 Å². The monoisotopic (exact) mass is 279 g/mol. The minimum atomic E-state index is 1.05. The van der Waals surface area contributed by atoms with Gasteiger partial charge >= 0.3 is 0 Å². The fourth-order valence-corrected chi connectivity index (χ4v) is 2.61. The topological polar surface area (TPSA) is 30.7 Å². The fraction of sp³-hybridized carbons (Fsp3) is 0.882. The molecule has 1 aromatic rings. The molecule has 0 saturated heterocycles. The second-order valence-electron chi connectivity index (χ2n) is 5.83. The maximum Gasteiger partial charge on any atom is 0.0859 e. The van der Waals surface area contributed by atoms with Crippen LogP contribution < -0.4 is 0 Å². The van der Waals surface area contributed by atoms with E-state index in [1.807, 2.05) is 0 Å². The average Bonchev–Trinajstić information content (AvgIpc) is 2.83. The van der Waals surface area contributed by atoms with Crippen LogP contribution in [0.1, 0.15) is 89.9 Å². The molecule has 20 heavy (non-hydrogen) atoms. The van der Waals surface area contributed by atoms with Gasteiger partial charge in [0.25, 0.3) is 0 Å². The van der Waals surface area contributed by atoms with E-state index in [9.17, 15) is 0 Å². The molecule has 3 heteroatoms. The van der Waals surface area contributed by atoms with Crippen molar-refractivity contribution in [3.63, 3.8) is 0 Å². The fourth-order valence-electron chi connectivity index (χ4n) is 2.61. The molecule has 0 spiro atoms. The smallest absolute Gasteiger partial charge is 0.0859 e. The second kappa shape index (κ2) is 10.9. The van der Waals surface area contributed by atoms with E-state index in [0.717, 1.165) is 19.4 Å². The Morgan fingerprint density at radius 3 is 2.00 bits per heavy atom. The molecule has 0 fully saturated rings. The van der Waals surface area contributed by atoms with Gasteiger partial charge in [0.15, 0.2) is 0 Å². The largest absolute Gasteiger partial charge is 0.249 e. The zero-order valence-electron chi connectivity index (χ0n) is 13.8. The Bertz CT molecular complexity index is 317. The third kappa shape index (κ3) is 6.06. The lowest BCUT2D eigenvalue weighted by atomic mass is 10.1. The summed E-state index contributed by atoms with van der Waals surface area (Å²) in [6.45, 7) is 7.82. The Balaban J connectivity index is 2.60. The first kappa shape index (κ1) is 17.2. The van der Waals surface area contributed by atoms with E-state index < -0.39 is 0 Å². The molecule has 0 unspecified atom stereocenters. The van der Waals surface area contributed by atoms with Crippen LogP contribution in [0.25, 0.3) is 0 Å². The van der Waals surface area contributed by atoms with Gasteiger partial charge in [-0.3, -0.25) is 0 Å². The molecule has 0 radical (unpaired) electrons. The molecule has 0 saturated carbocycles. The van der Waals surface area contributed by atoms with Crippen molar-refractivity contribution in [1.82, 2.24) is 15.0 Å². The molecule has 0 aliphatic heterocycles. The summed E-state index contributed by atoms with van der Waals surface area (Å²) in [6, 6.07) is 0. The first-order chi connectivity index (χ1) is 9.83. The molecule has 0 atom stereocenters. The zero-order valence-corrected chi connectivity index (χ0v) is 13.8. The molecular formula is C17H33N3. The van der Waals surface area contributed by atoms with Gasteiger partial charge in [0.05, 0.1) is 11.4 Å². The molecule has 0 amide bonds. The molecule has 1 aromatic heterocycles. The summed E-state index contributed by atoms with van der Waals surface area (Å²) in [7, 11) is 0. The Kier molecular flexibility index (Phi) is 9.35. The molecule has 1 rings (SSSR count). The van der Waals surface area contributed by atoms with E-state index in [0.29, 0.717) is 0 Å². The maximum atomic E-state index is 4.46. The van der Waals surface area contributed by atoms with Crippen LogP contribution in [-0.2, 0) is 19.4 Å². The highest BCUT2D eigenvalue weighted by Crippen LogP contribution is 2.15. The molecule has 0 aliphatic carbocycles. The molecule has 0 N–H and O–H groups in total. The number of aromatic nitrogens is 3. The van der Waals surface area contributed by atoms with Gasteiger partial charge in [-0.05, 0) is 32.1 Å². The highest BCUT2D eigenvalue weighted by atomic mass is 15.4. The van der Waals surface area contributed by atoms with Crippen molar-refractivity contribution in [3.05, 3.63) is 11.4 Å². The number of unbranched alkanes of at least 4 members (excludes halogenated alkanes) is 6. The number of aryl methyl sites for hydroxylation is 2. The van der Waals surface area contributed by atoms with Crippen LogP contribution in [0, 0.1) is 0 Å². The molecule has 0 bridgehead atoms. The van der Waals surface area contributed by atoms with Gasteiger partial charge in [0.1, 0.15) is 0 Å². The molecule has 116 valence electrons. The summed E-state index contributed by atoms with van der Waals surface area (Å²) in [5.41, 5.74) is 2.69. The normalized spacial score (nSPS) is 11.2. The van der Waals surface area contributed by atoms with Crippen LogP contribution >= 0.6 is 0 Å². The number of nitrogens with zero attached hydrogens (tertiary/aromatic N) is 3. The highest BCUT2D eigenvalue weighted by Gasteiger charge is 2.11. The summed E-state index contributed by atoms with van der Waals surface area (Å²) < 4.78 is 2.19. The summed E-state index contributed by atoms with van der Waals surface area (Å²) in [5, 5.41) is 8.87. The van der Waals surface area contributed by atoms with Gasteiger partial charge in [-0.1, -0.05) is 64.5 Å². The van der Waals surface area contributed by atoms with Gasteiger partial charge < -0.3 is 0 Å². The van der Waals surface area contributed by atoms with Crippen molar-refractivity contribution in [3.8, 4) is 0 Å². The summed E-state index contributed by atoms with van der Waals surface area (Å²) in [4.78, 5) is 0. The van der Waals surface area contributed by atoms with E-state index in [1.165, 1.54) is 69.2 Å². The molecule has 3 nitrogen and oxygen atoms in total. The van der Waals surface area contributed by atoms with E-state index in [1.54, 1.807) is 0 Å². The second-order valence-corrected chi connectivity index (χ2v) is 5.83. The van der Waals surface area contributed by atoms with Crippen molar-refractivity contribution in [1.29, 1.82) is 0 Å². The number of rotatable bonds is 12. The van der Waals surface area contributed by atoms with Crippen molar-refractivity contribution >= 4 is 0 Å². The molecule has 1 heterocycles. The third-order valence-electron chi connectivity index (χ3n) is 3.93. The van der Waals surface area contributed by atoms with Gasteiger partial charge in [-0.2, -0.15) is 0 Å². The van der Waals surface area contributed by atoms with Crippen LogP contribution in [0.5, 0.6) is 0 Å². The highest BCUT2D eigenvalue weighted by molar-refractivity contribution is 5.10. The van der Waals surface area contributed by atoms with Crippen LogP contribution in [0.2, 0.25) is 0 Å². The van der Waals surface area contributed by atoms with Crippen molar-refractivity contribution < 1.29 is 0 Å². The molecule has 0 aliphatic rings. The van der Waals surface area contributed by atoms with Crippen molar-refractivity contribution in [2.75, 3.05) is 0 Å². The predicted molar refractivity (Wildman–Crippen MR) is 86.0 cm³/mol. The Labute approximate surface area is 125 Å². The average molecular weight is 279 g/mol. The van der Waals surface area contributed by atoms with Crippen LogP contribution in [-0.4, -0.2) is 15.0 Å². The van der Waals surface area contributed by atoms with Crippen molar-refractivity contribution in [2.45, 2.75) is 97.9 Å². The van der Waals surface area contributed by atoms with Gasteiger partial charge in [-0.25, -0.2) is 4.68 Å². The summed E-state index contributed by atoms with van der Waals surface area (Å²) in [6.07, 6.45) is 13.8. The Hall–Kier alpha value is -0.860. The molecular weight excluding hydrogens is 246 g/mol. The van der Waals surface area contributed by atoms with Crippen LogP contribution in [0.4, 0.5) is 0 Å². The lowest BCUT2D eigenvalue weighted by Gasteiger charge is -2.08. The first-order valence-electron chi connectivity index (χ1n) is 8.74. The van der Waals surface area contributed by atoms with Crippen LogP contribution in [0.3, 0.4) is 0 Å². The minimum absolute atomic E-state index is 1.05. The quantitative estimate of drug-likeness (QED) is 0.508. The lowest BCUT2D eigenvalue weighted by Crippen LogP contribution is -2.07. The first-order valence-corrected chi connectivity index (χ1v) is 8.74. The lowest BCUT2D eigenvalue weighted by molar-refractivity contribution is 0.514. The molecule has 0 aromatic carbocycles. The predicted octanol–water partition coefficient (Wildman–Crippen LogP) is 4.93. The van der Waals surface area contributed by atoms with Gasteiger partial charge in [-0.15, -0.1) is 5.10 Å². The Morgan fingerprint density at radius 2 is 1.35 bits per heavy atom. The van der Waals surface area contributed by atoms with Gasteiger partial charge in [0.2, 0.25) is 0 Å². The zero-order chi connectivity index (χ0) is 14.6. The summed E-state index contributed by atoms with van der Waals surface area (Å²) in [5.74, 6) is 0. The summed E-state index contributed by atoms with van der Waals surface area (Å²) >= 11 is 0. The minimum Gasteiger partial charge on any atom is -0.249 e. The van der Waals surface area contributed by atoms with Crippen molar-refractivity contribution in [2.24, 2.45) is 0 Å². The number of hydrogen-bond acceptors (Lipinski definition) is 2. The van der Waals surface area contributed by atoms with E-state index in [2.05, 4.69) is 35.8 Å². The van der Waals surface area contributed by atoms with E-state index in [-0.39, 0.29) is 0 Å². The Morgan fingerprint density at radius 1 is 0.750 bits per heavy atom.